The van der Waals surface area contributed by atoms with Crippen molar-refractivity contribution >= 4 is 21.8 Å². The Morgan fingerprint density at radius 2 is 1.73 bits per heavy atom. The van der Waals surface area contributed by atoms with Gasteiger partial charge in [0, 0.05) is 25.8 Å². The van der Waals surface area contributed by atoms with Gasteiger partial charge in [-0.15, -0.1) is 0 Å². The van der Waals surface area contributed by atoms with Crippen LogP contribution in [0, 0.1) is 0 Å². The molecule has 1 fully saturated rings. The molecule has 1 aromatic carbocycles. The molecule has 0 bridgehead atoms. The molecule has 0 spiro atoms. The van der Waals surface area contributed by atoms with Crippen molar-refractivity contribution in [2.45, 2.75) is 37.0 Å². The zero-order chi connectivity index (χ0) is 18.4. The maximum absolute atomic E-state index is 11.3. The van der Waals surface area contributed by atoms with E-state index >= 15 is 0 Å². The zero-order valence-electron chi connectivity index (χ0n) is 14.8. The molecule has 2 heterocycles. The molecule has 2 aromatic rings. The summed E-state index contributed by atoms with van der Waals surface area (Å²) in [5.74, 6) is 1.59. The lowest BCUT2D eigenvalue weighted by molar-refractivity contribution is 0.598. The molecule has 0 radical (unpaired) electrons. The summed E-state index contributed by atoms with van der Waals surface area (Å²) in [5, 5.41) is 8.42. The van der Waals surface area contributed by atoms with Crippen LogP contribution >= 0.6 is 0 Å². The normalized spacial score (nSPS) is 15.5. The summed E-state index contributed by atoms with van der Waals surface area (Å²) >= 11 is 0. The molecule has 7 nitrogen and oxygen atoms in total. The van der Waals surface area contributed by atoms with Gasteiger partial charge in [-0.05, 0) is 43.0 Å². The van der Waals surface area contributed by atoms with Crippen molar-refractivity contribution in [1.82, 2.24) is 9.97 Å². The maximum Gasteiger partial charge on any atom is 0.238 e. The predicted molar refractivity (Wildman–Crippen MR) is 103 cm³/mol. The summed E-state index contributed by atoms with van der Waals surface area (Å²) in [5.41, 5.74) is 1.03. The molecule has 0 aliphatic carbocycles. The van der Waals surface area contributed by atoms with E-state index in [1.165, 1.54) is 37.8 Å². The van der Waals surface area contributed by atoms with Crippen LogP contribution in [-0.2, 0) is 16.4 Å². The molecule has 1 aliphatic heterocycles. The van der Waals surface area contributed by atoms with Crippen molar-refractivity contribution in [3.8, 4) is 0 Å². The van der Waals surface area contributed by atoms with E-state index in [1.807, 2.05) is 6.07 Å². The van der Waals surface area contributed by atoms with E-state index in [-0.39, 0.29) is 4.90 Å². The monoisotopic (exact) mass is 375 g/mol. The number of hydrogen-bond donors (Lipinski definition) is 2. The van der Waals surface area contributed by atoms with Crippen LogP contribution in [0.4, 0.5) is 11.8 Å². The molecule has 140 valence electrons. The number of primary sulfonamides is 1. The van der Waals surface area contributed by atoms with Crippen LogP contribution in [-0.4, -0.2) is 38.0 Å². The van der Waals surface area contributed by atoms with Gasteiger partial charge in [0.05, 0.1) is 4.90 Å². The molecule has 0 atom stereocenters. The van der Waals surface area contributed by atoms with E-state index in [1.54, 1.807) is 18.3 Å². The highest BCUT2D eigenvalue weighted by Gasteiger charge is 2.12. The van der Waals surface area contributed by atoms with Gasteiger partial charge in [0.2, 0.25) is 16.0 Å². The summed E-state index contributed by atoms with van der Waals surface area (Å²) in [4.78, 5) is 11.4. The molecule has 1 aliphatic rings. The molecular weight excluding hydrogens is 350 g/mol. The molecule has 1 aromatic heterocycles. The lowest BCUT2D eigenvalue weighted by Crippen LogP contribution is -2.26. The minimum Gasteiger partial charge on any atom is -0.370 e. The van der Waals surface area contributed by atoms with Crippen molar-refractivity contribution in [1.29, 1.82) is 0 Å². The Bertz CT molecular complexity index is 816. The second kappa shape index (κ2) is 8.46. The Labute approximate surface area is 154 Å². The number of benzene rings is 1. The van der Waals surface area contributed by atoms with Crippen LogP contribution < -0.4 is 15.4 Å². The SMILES string of the molecule is NS(=O)(=O)c1ccc(CCNc2ccnc(N3CCCCCC3)n2)cc1. The van der Waals surface area contributed by atoms with Crippen molar-refractivity contribution in [2.75, 3.05) is 29.9 Å². The van der Waals surface area contributed by atoms with Crippen LogP contribution in [0.15, 0.2) is 41.4 Å². The zero-order valence-corrected chi connectivity index (χ0v) is 15.6. The second-order valence-electron chi connectivity index (χ2n) is 6.51. The van der Waals surface area contributed by atoms with Gasteiger partial charge in [0.1, 0.15) is 5.82 Å². The van der Waals surface area contributed by atoms with Gasteiger partial charge < -0.3 is 10.2 Å². The molecular formula is C18H25N5O2S. The first-order chi connectivity index (χ1) is 12.5. The topological polar surface area (TPSA) is 101 Å². The molecule has 3 rings (SSSR count). The van der Waals surface area contributed by atoms with Crippen LogP contribution in [0.25, 0.3) is 0 Å². The number of nitrogens with zero attached hydrogens (tertiary/aromatic N) is 3. The molecule has 26 heavy (non-hydrogen) atoms. The number of hydrogen-bond acceptors (Lipinski definition) is 6. The Kier molecular flexibility index (Phi) is 6.05. The van der Waals surface area contributed by atoms with Crippen molar-refractivity contribution in [3.05, 3.63) is 42.1 Å². The number of sulfonamides is 1. The Balaban J connectivity index is 1.55. The number of aromatic nitrogens is 2. The summed E-state index contributed by atoms with van der Waals surface area (Å²) in [6.45, 7) is 2.73. The first-order valence-corrected chi connectivity index (χ1v) is 10.5. The second-order valence-corrected chi connectivity index (χ2v) is 8.07. The highest BCUT2D eigenvalue weighted by Crippen LogP contribution is 2.17. The van der Waals surface area contributed by atoms with E-state index in [9.17, 15) is 8.42 Å². The van der Waals surface area contributed by atoms with Gasteiger partial charge >= 0.3 is 0 Å². The lowest BCUT2D eigenvalue weighted by atomic mass is 10.1. The van der Waals surface area contributed by atoms with Crippen LogP contribution in [0.3, 0.4) is 0 Å². The quantitative estimate of drug-likeness (QED) is 0.802. The minimum atomic E-state index is -3.64. The highest BCUT2D eigenvalue weighted by atomic mass is 32.2. The van der Waals surface area contributed by atoms with E-state index in [4.69, 9.17) is 5.14 Å². The number of nitrogens with two attached hydrogens (primary N) is 1. The molecule has 0 amide bonds. The fraction of sp³-hybridized carbons (Fsp3) is 0.444. The summed E-state index contributed by atoms with van der Waals surface area (Å²) in [6, 6.07) is 8.50. The Morgan fingerprint density at radius 3 is 2.38 bits per heavy atom. The van der Waals surface area contributed by atoms with E-state index in [0.29, 0.717) is 6.54 Å². The van der Waals surface area contributed by atoms with E-state index in [2.05, 4.69) is 20.2 Å². The van der Waals surface area contributed by atoms with Gasteiger partial charge in [-0.25, -0.2) is 18.5 Å². The first-order valence-electron chi connectivity index (χ1n) is 8.96. The molecule has 0 saturated carbocycles. The van der Waals surface area contributed by atoms with Crippen LogP contribution in [0.1, 0.15) is 31.2 Å². The molecule has 1 saturated heterocycles. The summed E-state index contributed by atoms with van der Waals surface area (Å²) < 4.78 is 22.5. The third-order valence-corrected chi connectivity index (χ3v) is 5.43. The van der Waals surface area contributed by atoms with Crippen LogP contribution in [0.2, 0.25) is 0 Å². The molecule has 0 unspecified atom stereocenters. The Hall–Kier alpha value is -2.19. The number of rotatable bonds is 6. The van der Waals surface area contributed by atoms with Gasteiger partial charge in [-0.3, -0.25) is 0 Å². The standard InChI is InChI=1S/C18H25N5O2S/c19-26(24,25)16-7-5-15(6-8-16)9-11-20-17-10-12-21-18(22-17)23-13-3-1-2-4-14-23/h5-8,10,12H,1-4,9,11,13-14H2,(H2,19,24,25)(H,20,21,22). The fourth-order valence-corrected chi connectivity index (χ4v) is 3.57. The largest absolute Gasteiger partial charge is 0.370 e. The molecule has 8 heteroatoms. The van der Waals surface area contributed by atoms with Gasteiger partial charge in [0.15, 0.2) is 0 Å². The highest BCUT2D eigenvalue weighted by molar-refractivity contribution is 7.89. The maximum atomic E-state index is 11.3. The third kappa shape index (κ3) is 5.15. The van der Waals surface area contributed by atoms with Gasteiger partial charge in [-0.2, -0.15) is 4.98 Å². The lowest BCUT2D eigenvalue weighted by Gasteiger charge is -2.20. The van der Waals surface area contributed by atoms with Gasteiger partial charge in [0.25, 0.3) is 0 Å². The number of nitrogens with one attached hydrogen (secondary N) is 1. The summed E-state index contributed by atoms with van der Waals surface area (Å²) in [6.07, 6.45) is 7.48. The van der Waals surface area contributed by atoms with Gasteiger partial charge in [-0.1, -0.05) is 25.0 Å². The molecule has 3 N–H and O–H groups in total. The predicted octanol–water partition coefficient (Wildman–Crippen LogP) is 2.16. The average molecular weight is 375 g/mol. The number of anilines is 2. The van der Waals surface area contributed by atoms with Crippen molar-refractivity contribution < 1.29 is 8.42 Å². The van der Waals surface area contributed by atoms with E-state index < -0.39 is 10.0 Å². The Morgan fingerprint density at radius 1 is 1.04 bits per heavy atom. The van der Waals surface area contributed by atoms with Crippen molar-refractivity contribution in [2.24, 2.45) is 5.14 Å². The fourth-order valence-electron chi connectivity index (χ4n) is 3.05. The van der Waals surface area contributed by atoms with Crippen molar-refractivity contribution in [3.63, 3.8) is 0 Å². The van der Waals surface area contributed by atoms with E-state index in [0.717, 1.165) is 36.8 Å². The van der Waals surface area contributed by atoms with Crippen LogP contribution in [0.5, 0.6) is 0 Å². The average Bonchev–Trinajstić information content (AvgIpc) is 2.91. The third-order valence-electron chi connectivity index (χ3n) is 4.50. The minimum absolute atomic E-state index is 0.132. The first kappa shape index (κ1) is 18.6. The smallest absolute Gasteiger partial charge is 0.238 e. The summed E-state index contributed by atoms with van der Waals surface area (Å²) in [7, 11) is -3.64.